The number of nitrogens with one attached hydrogen (secondary N) is 1. The highest BCUT2D eigenvalue weighted by molar-refractivity contribution is 4.87. The van der Waals surface area contributed by atoms with E-state index in [1.807, 2.05) is 0 Å². The lowest BCUT2D eigenvalue weighted by Gasteiger charge is -2.27. The summed E-state index contributed by atoms with van der Waals surface area (Å²) in [5, 5.41) is 3.73. The summed E-state index contributed by atoms with van der Waals surface area (Å²) in [6.07, 6.45) is 11.3. The van der Waals surface area contributed by atoms with E-state index < -0.39 is 0 Å². The third-order valence-electron chi connectivity index (χ3n) is 3.98. The number of unbranched alkanes of at least 4 members (excludes halogenated alkanes) is 1. The number of hydrogen-bond donors (Lipinski definition) is 1. The number of hydrogen-bond acceptors (Lipinski definition) is 2. The summed E-state index contributed by atoms with van der Waals surface area (Å²) < 4.78 is 0. The molecule has 0 aromatic carbocycles. The normalized spacial score (nSPS) is 27.0. The average Bonchev–Trinajstić information content (AvgIpc) is 3.10. The highest BCUT2D eigenvalue weighted by Gasteiger charge is 2.29. The lowest BCUT2D eigenvalue weighted by molar-refractivity contribution is 0.226. The van der Waals surface area contributed by atoms with Gasteiger partial charge in [0.2, 0.25) is 0 Å². The minimum atomic E-state index is 0.778. The summed E-state index contributed by atoms with van der Waals surface area (Å²) in [4.78, 5) is 2.76. The van der Waals surface area contributed by atoms with Gasteiger partial charge in [-0.2, -0.15) is 0 Å². The third-order valence-corrected chi connectivity index (χ3v) is 3.98. The van der Waals surface area contributed by atoms with Crippen molar-refractivity contribution in [2.24, 2.45) is 0 Å². The Bertz CT molecular complexity index is 181. The van der Waals surface area contributed by atoms with E-state index in [4.69, 9.17) is 0 Å². The van der Waals surface area contributed by atoms with Gasteiger partial charge in [0, 0.05) is 18.6 Å². The van der Waals surface area contributed by atoms with Crippen molar-refractivity contribution < 1.29 is 0 Å². The minimum Gasteiger partial charge on any atom is -0.313 e. The first kappa shape index (κ1) is 12.4. The Kier molecular flexibility index (Phi) is 5.11. The van der Waals surface area contributed by atoms with Crippen LogP contribution in [0.25, 0.3) is 0 Å². The van der Waals surface area contributed by atoms with Crippen molar-refractivity contribution >= 4 is 0 Å². The van der Waals surface area contributed by atoms with E-state index in [2.05, 4.69) is 17.1 Å². The Morgan fingerprint density at radius 1 is 1.12 bits per heavy atom. The third kappa shape index (κ3) is 4.06. The molecule has 0 bridgehead atoms. The molecule has 0 spiro atoms. The van der Waals surface area contributed by atoms with E-state index >= 15 is 0 Å². The zero-order valence-corrected chi connectivity index (χ0v) is 10.9. The predicted molar refractivity (Wildman–Crippen MR) is 69.8 cm³/mol. The molecule has 2 rings (SSSR count). The van der Waals surface area contributed by atoms with Crippen molar-refractivity contribution in [3.05, 3.63) is 0 Å². The quantitative estimate of drug-likeness (QED) is 0.746. The van der Waals surface area contributed by atoms with E-state index in [0.717, 1.165) is 12.1 Å². The Labute approximate surface area is 101 Å². The van der Waals surface area contributed by atoms with Gasteiger partial charge in [-0.3, -0.25) is 4.90 Å². The number of rotatable bonds is 6. The molecule has 1 aliphatic heterocycles. The first-order valence-corrected chi connectivity index (χ1v) is 7.37. The molecule has 1 atom stereocenters. The van der Waals surface area contributed by atoms with Crippen molar-refractivity contribution in [1.82, 2.24) is 10.2 Å². The second-order valence-corrected chi connectivity index (χ2v) is 5.58. The molecular weight excluding hydrogens is 196 g/mol. The fourth-order valence-electron chi connectivity index (χ4n) is 2.76. The molecular formula is C14H28N2. The van der Waals surface area contributed by atoms with Crippen LogP contribution in [0.5, 0.6) is 0 Å². The van der Waals surface area contributed by atoms with E-state index in [0.29, 0.717) is 0 Å². The Morgan fingerprint density at radius 2 is 2.00 bits per heavy atom. The first-order valence-electron chi connectivity index (χ1n) is 7.37. The standard InChI is InChI=1S/C14H28N2/c1-2-3-11-16(14-8-9-14)12-13-7-5-4-6-10-15-13/h13-15H,2-12H2,1H3. The van der Waals surface area contributed by atoms with Gasteiger partial charge in [-0.15, -0.1) is 0 Å². The summed E-state index contributed by atoms with van der Waals surface area (Å²) in [6.45, 7) is 6.19. The van der Waals surface area contributed by atoms with Gasteiger partial charge < -0.3 is 5.32 Å². The SMILES string of the molecule is CCCCN(CC1CCCCCN1)C1CC1. The van der Waals surface area contributed by atoms with Gasteiger partial charge in [0.25, 0.3) is 0 Å². The van der Waals surface area contributed by atoms with Crippen LogP contribution in [0.15, 0.2) is 0 Å². The van der Waals surface area contributed by atoms with E-state index in [1.165, 1.54) is 71.0 Å². The first-order chi connectivity index (χ1) is 7.90. The second-order valence-electron chi connectivity index (χ2n) is 5.58. The highest BCUT2D eigenvalue weighted by Crippen LogP contribution is 2.27. The van der Waals surface area contributed by atoms with E-state index in [1.54, 1.807) is 0 Å². The molecule has 2 nitrogen and oxygen atoms in total. The maximum Gasteiger partial charge on any atom is 0.0195 e. The van der Waals surface area contributed by atoms with Crippen LogP contribution >= 0.6 is 0 Å². The van der Waals surface area contributed by atoms with Gasteiger partial charge in [-0.1, -0.05) is 26.2 Å². The molecule has 0 aromatic rings. The fraction of sp³-hybridized carbons (Fsp3) is 1.00. The maximum atomic E-state index is 3.73. The monoisotopic (exact) mass is 224 g/mol. The zero-order valence-electron chi connectivity index (χ0n) is 10.9. The van der Waals surface area contributed by atoms with Crippen LogP contribution < -0.4 is 5.32 Å². The lowest BCUT2D eigenvalue weighted by atomic mass is 10.1. The average molecular weight is 224 g/mol. The topological polar surface area (TPSA) is 15.3 Å². The van der Waals surface area contributed by atoms with Gasteiger partial charge in [0.05, 0.1) is 0 Å². The molecule has 0 amide bonds. The zero-order chi connectivity index (χ0) is 11.2. The summed E-state index contributed by atoms with van der Waals surface area (Å²) in [5.41, 5.74) is 0. The molecule has 0 radical (unpaired) electrons. The largest absolute Gasteiger partial charge is 0.313 e. The van der Waals surface area contributed by atoms with Crippen molar-refractivity contribution in [3.8, 4) is 0 Å². The van der Waals surface area contributed by atoms with Crippen LogP contribution in [0.1, 0.15) is 58.3 Å². The van der Waals surface area contributed by atoms with Gasteiger partial charge in [-0.25, -0.2) is 0 Å². The van der Waals surface area contributed by atoms with Crippen LogP contribution in [0.4, 0.5) is 0 Å². The smallest absolute Gasteiger partial charge is 0.0195 e. The molecule has 1 saturated heterocycles. The van der Waals surface area contributed by atoms with Crippen LogP contribution in [0.2, 0.25) is 0 Å². The minimum absolute atomic E-state index is 0.778. The maximum absolute atomic E-state index is 3.73. The van der Waals surface area contributed by atoms with Crippen LogP contribution in [-0.4, -0.2) is 36.6 Å². The van der Waals surface area contributed by atoms with E-state index in [-0.39, 0.29) is 0 Å². The van der Waals surface area contributed by atoms with Crippen molar-refractivity contribution in [2.45, 2.75) is 70.4 Å². The van der Waals surface area contributed by atoms with Gasteiger partial charge in [-0.05, 0) is 45.2 Å². The fourth-order valence-corrected chi connectivity index (χ4v) is 2.76. The molecule has 0 aromatic heterocycles. The Morgan fingerprint density at radius 3 is 2.75 bits per heavy atom. The molecule has 1 unspecified atom stereocenters. The predicted octanol–water partition coefficient (Wildman–Crippen LogP) is 2.78. The van der Waals surface area contributed by atoms with Gasteiger partial charge in [0.15, 0.2) is 0 Å². The van der Waals surface area contributed by atoms with Gasteiger partial charge in [0.1, 0.15) is 0 Å². The molecule has 1 heterocycles. The molecule has 2 aliphatic rings. The van der Waals surface area contributed by atoms with Crippen LogP contribution in [0, 0.1) is 0 Å². The Hall–Kier alpha value is -0.0800. The van der Waals surface area contributed by atoms with Crippen LogP contribution in [0.3, 0.4) is 0 Å². The summed E-state index contributed by atoms with van der Waals surface area (Å²) in [7, 11) is 0. The van der Waals surface area contributed by atoms with Crippen LogP contribution in [-0.2, 0) is 0 Å². The van der Waals surface area contributed by atoms with Crippen molar-refractivity contribution in [2.75, 3.05) is 19.6 Å². The molecule has 2 fully saturated rings. The van der Waals surface area contributed by atoms with Crippen molar-refractivity contribution in [1.29, 1.82) is 0 Å². The second kappa shape index (κ2) is 6.61. The molecule has 1 aliphatic carbocycles. The number of nitrogens with zero attached hydrogens (tertiary/aromatic N) is 1. The molecule has 2 heteroatoms. The summed E-state index contributed by atoms with van der Waals surface area (Å²) in [5.74, 6) is 0. The molecule has 16 heavy (non-hydrogen) atoms. The van der Waals surface area contributed by atoms with Crippen molar-refractivity contribution in [3.63, 3.8) is 0 Å². The molecule has 94 valence electrons. The Balaban J connectivity index is 1.74. The lowest BCUT2D eigenvalue weighted by Crippen LogP contribution is -2.42. The molecule has 1 saturated carbocycles. The molecule has 1 N–H and O–H groups in total. The van der Waals surface area contributed by atoms with Gasteiger partial charge >= 0.3 is 0 Å². The summed E-state index contributed by atoms with van der Waals surface area (Å²) >= 11 is 0. The van der Waals surface area contributed by atoms with E-state index in [9.17, 15) is 0 Å². The highest BCUT2D eigenvalue weighted by atomic mass is 15.2. The summed E-state index contributed by atoms with van der Waals surface area (Å²) in [6, 6.07) is 1.72.